The van der Waals surface area contributed by atoms with Gasteiger partial charge < -0.3 is 5.73 Å². The monoisotopic (exact) mass is 282 g/mol. The Morgan fingerprint density at radius 3 is 2.55 bits per heavy atom. The van der Waals surface area contributed by atoms with Gasteiger partial charge >= 0.3 is 0 Å². The zero-order valence-corrected chi connectivity index (χ0v) is 12.0. The first-order chi connectivity index (χ1) is 9.70. The lowest BCUT2D eigenvalue weighted by atomic mass is 9.94. The fourth-order valence-electron chi connectivity index (χ4n) is 2.59. The zero-order valence-electron chi connectivity index (χ0n) is 11.2. The maximum absolute atomic E-state index is 6.15. The number of hydrogen-bond acceptors (Lipinski definition) is 2. The standard InChI is InChI=1S/C17H15ClN2/c1-2-13-16(11-6-4-3-5-7-11)14-10-12(18)8-9-15(14)20-17(13)19/h3-10H,2H2,1H3,(H2,19,20). The van der Waals surface area contributed by atoms with Crippen LogP contribution < -0.4 is 5.73 Å². The van der Waals surface area contributed by atoms with E-state index in [1.54, 1.807) is 0 Å². The van der Waals surface area contributed by atoms with E-state index in [-0.39, 0.29) is 0 Å². The van der Waals surface area contributed by atoms with Crippen molar-refractivity contribution in [1.29, 1.82) is 0 Å². The van der Waals surface area contributed by atoms with Crippen LogP contribution >= 0.6 is 11.6 Å². The van der Waals surface area contributed by atoms with E-state index < -0.39 is 0 Å². The predicted molar refractivity (Wildman–Crippen MR) is 86.0 cm³/mol. The maximum Gasteiger partial charge on any atom is 0.127 e. The van der Waals surface area contributed by atoms with E-state index in [9.17, 15) is 0 Å². The molecule has 3 rings (SSSR count). The fraction of sp³-hybridized carbons (Fsp3) is 0.118. The van der Waals surface area contributed by atoms with Gasteiger partial charge in [0, 0.05) is 16.0 Å². The maximum atomic E-state index is 6.15. The lowest BCUT2D eigenvalue weighted by Crippen LogP contribution is -2.01. The van der Waals surface area contributed by atoms with Crippen molar-refractivity contribution in [3.8, 4) is 11.1 Å². The Kier molecular flexibility index (Phi) is 3.33. The molecule has 1 aromatic heterocycles. The molecule has 0 spiro atoms. The summed E-state index contributed by atoms with van der Waals surface area (Å²) in [5, 5.41) is 1.76. The average Bonchev–Trinajstić information content (AvgIpc) is 2.47. The van der Waals surface area contributed by atoms with Crippen LogP contribution in [-0.2, 0) is 6.42 Å². The van der Waals surface area contributed by atoms with E-state index in [4.69, 9.17) is 17.3 Å². The summed E-state index contributed by atoms with van der Waals surface area (Å²) in [6.07, 6.45) is 0.839. The fourth-order valence-corrected chi connectivity index (χ4v) is 2.76. The van der Waals surface area contributed by atoms with E-state index in [0.717, 1.165) is 34.0 Å². The minimum atomic E-state index is 0.598. The third-order valence-electron chi connectivity index (χ3n) is 3.50. The molecule has 0 saturated heterocycles. The third-order valence-corrected chi connectivity index (χ3v) is 3.73. The van der Waals surface area contributed by atoms with Gasteiger partial charge in [-0.2, -0.15) is 0 Å². The summed E-state index contributed by atoms with van der Waals surface area (Å²) in [6.45, 7) is 2.09. The Hall–Kier alpha value is -2.06. The molecule has 100 valence electrons. The van der Waals surface area contributed by atoms with Gasteiger partial charge in [0.15, 0.2) is 0 Å². The predicted octanol–water partition coefficient (Wildman–Crippen LogP) is 4.70. The van der Waals surface area contributed by atoms with Crippen molar-refractivity contribution in [1.82, 2.24) is 4.98 Å². The van der Waals surface area contributed by atoms with Crippen LogP contribution in [0.15, 0.2) is 48.5 Å². The SMILES string of the molecule is CCc1c(N)nc2ccc(Cl)cc2c1-c1ccccc1. The van der Waals surface area contributed by atoms with Crippen molar-refractivity contribution >= 4 is 28.3 Å². The minimum absolute atomic E-state index is 0.598. The first kappa shape index (κ1) is 12.9. The van der Waals surface area contributed by atoms with Crippen LogP contribution in [0.1, 0.15) is 12.5 Å². The molecule has 0 aliphatic heterocycles. The van der Waals surface area contributed by atoms with Crippen LogP contribution in [0, 0.1) is 0 Å². The molecular formula is C17H15ClN2. The second-order valence-corrected chi connectivity index (χ2v) is 5.17. The zero-order chi connectivity index (χ0) is 14.1. The molecule has 3 heteroatoms. The van der Waals surface area contributed by atoms with Gasteiger partial charge in [-0.1, -0.05) is 48.9 Å². The highest BCUT2D eigenvalue weighted by Gasteiger charge is 2.13. The van der Waals surface area contributed by atoms with E-state index in [1.807, 2.05) is 36.4 Å². The summed E-state index contributed by atoms with van der Waals surface area (Å²) in [4.78, 5) is 4.49. The van der Waals surface area contributed by atoms with Crippen molar-refractivity contribution in [2.45, 2.75) is 13.3 Å². The smallest absolute Gasteiger partial charge is 0.127 e. The van der Waals surface area contributed by atoms with Crippen LogP contribution in [0.25, 0.3) is 22.0 Å². The number of rotatable bonds is 2. The number of fused-ring (bicyclic) bond motifs is 1. The van der Waals surface area contributed by atoms with E-state index in [1.165, 1.54) is 0 Å². The molecule has 0 aliphatic carbocycles. The summed E-state index contributed by atoms with van der Waals surface area (Å²) in [7, 11) is 0. The van der Waals surface area contributed by atoms with E-state index in [0.29, 0.717) is 10.8 Å². The van der Waals surface area contributed by atoms with Crippen molar-refractivity contribution in [3.63, 3.8) is 0 Å². The molecule has 2 N–H and O–H groups in total. The Bertz CT molecular complexity index is 767. The molecule has 1 heterocycles. The number of nitrogens with zero attached hydrogens (tertiary/aromatic N) is 1. The van der Waals surface area contributed by atoms with Crippen LogP contribution in [0.2, 0.25) is 5.02 Å². The lowest BCUT2D eigenvalue weighted by molar-refractivity contribution is 1.13. The van der Waals surface area contributed by atoms with Gasteiger partial charge in [0.1, 0.15) is 5.82 Å². The van der Waals surface area contributed by atoms with Crippen molar-refractivity contribution in [3.05, 3.63) is 59.1 Å². The minimum Gasteiger partial charge on any atom is -0.383 e. The van der Waals surface area contributed by atoms with Crippen LogP contribution in [0.5, 0.6) is 0 Å². The molecule has 2 nitrogen and oxygen atoms in total. The normalized spacial score (nSPS) is 10.9. The molecule has 3 aromatic rings. The first-order valence-electron chi connectivity index (χ1n) is 6.63. The topological polar surface area (TPSA) is 38.9 Å². The average molecular weight is 283 g/mol. The van der Waals surface area contributed by atoms with Crippen LogP contribution in [-0.4, -0.2) is 4.98 Å². The number of halogens is 1. The van der Waals surface area contributed by atoms with Gasteiger partial charge in [-0.3, -0.25) is 0 Å². The Morgan fingerprint density at radius 2 is 1.85 bits per heavy atom. The van der Waals surface area contributed by atoms with Gasteiger partial charge in [0.25, 0.3) is 0 Å². The summed E-state index contributed by atoms with van der Waals surface area (Å²) in [6, 6.07) is 16.0. The molecule has 0 saturated carbocycles. The lowest BCUT2D eigenvalue weighted by Gasteiger charge is -2.14. The van der Waals surface area contributed by atoms with Crippen molar-refractivity contribution in [2.24, 2.45) is 0 Å². The summed E-state index contributed by atoms with van der Waals surface area (Å²) in [5.41, 5.74) is 10.4. The molecular weight excluding hydrogens is 268 g/mol. The van der Waals surface area contributed by atoms with E-state index in [2.05, 4.69) is 24.0 Å². The van der Waals surface area contributed by atoms with Gasteiger partial charge in [0.05, 0.1) is 5.52 Å². The van der Waals surface area contributed by atoms with Gasteiger partial charge in [-0.15, -0.1) is 0 Å². The second kappa shape index (κ2) is 5.14. The molecule has 2 aromatic carbocycles. The molecule has 0 aliphatic rings. The van der Waals surface area contributed by atoms with Crippen LogP contribution in [0.4, 0.5) is 5.82 Å². The Labute approximate surface area is 123 Å². The highest BCUT2D eigenvalue weighted by molar-refractivity contribution is 6.31. The summed E-state index contributed by atoms with van der Waals surface area (Å²) in [5.74, 6) is 0.598. The molecule has 0 unspecified atom stereocenters. The van der Waals surface area contributed by atoms with Gasteiger partial charge in [-0.25, -0.2) is 4.98 Å². The highest BCUT2D eigenvalue weighted by atomic mass is 35.5. The Balaban J connectivity index is 2.45. The van der Waals surface area contributed by atoms with Crippen LogP contribution in [0.3, 0.4) is 0 Å². The van der Waals surface area contributed by atoms with Crippen molar-refractivity contribution < 1.29 is 0 Å². The number of hydrogen-bond donors (Lipinski definition) is 1. The number of nitrogens with two attached hydrogens (primary N) is 1. The third kappa shape index (κ3) is 2.12. The number of pyridine rings is 1. The number of nitrogen functional groups attached to an aromatic ring is 1. The largest absolute Gasteiger partial charge is 0.383 e. The number of anilines is 1. The van der Waals surface area contributed by atoms with Crippen molar-refractivity contribution in [2.75, 3.05) is 5.73 Å². The summed E-state index contributed by atoms with van der Waals surface area (Å²) < 4.78 is 0. The quantitative estimate of drug-likeness (QED) is 0.740. The highest BCUT2D eigenvalue weighted by Crippen LogP contribution is 2.35. The van der Waals surface area contributed by atoms with E-state index >= 15 is 0 Å². The number of benzene rings is 2. The first-order valence-corrected chi connectivity index (χ1v) is 7.01. The van der Waals surface area contributed by atoms with Gasteiger partial charge in [-0.05, 0) is 35.7 Å². The molecule has 20 heavy (non-hydrogen) atoms. The Morgan fingerprint density at radius 1 is 1.10 bits per heavy atom. The number of aromatic nitrogens is 1. The summed E-state index contributed by atoms with van der Waals surface area (Å²) >= 11 is 6.15. The second-order valence-electron chi connectivity index (χ2n) is 4.73. The van der Waals surface area contributed by atoms with Gasteiger partial charge in [0.2, 0.25) is 0 Å². The molecule has 0 fully saturated rings. The molecule has 0 amide bonds. The molecule has 0 radical (unpaired) electrons. The molecule has 0 bridgehead atoms. The molecule has 0 atom stereocenters.